The van der Waals surface area contributed by atoms with Crippen LogP contribution in [0.15, 0.2) is 18.2 Å². The molecule has 128 valence electrons. The fourth-order valence-corrected chi connectivity index (χ4v) is 3.49. The standard InChI is InChI=1S/C16H16Cl2N2O4/c17-12-2-1-10(7-13(12)18)20-6-4-11(15(20)22)14(21)19-5-3-9(8-19)16(23)24/h1-2,7,9,11H,3-6,8H2,(H,23,24)/t9-,11+/m0/s1. The Labute approximate surface area is 148 Å². The van der Waals surface area contributed by atoms with E-state index < -0.39 is 17.8 Å². The van der Waals surface area contributed by atoms with E-state index in [1.165, 1.54) is 9.80 Å². The molecule has 0 aromatic heterocycles. The van der Waals surface area contributed by atoms with Crippen molar-refractivity contribution >= 4 is 46.7 Å². The number of aliphatic carboxylic acids is 1. The molecule has 2 fully saturated rings. The first-order chi connectivity index (χ1) is 11.4. The van der Waals surface area contributed by atoms with E-state index in [1.54, 1.807) is 18.2 Å². The van der Waals surface area contributed by atoms with E-state index in [4.69, 9.17) is 28.3 Å². The second kappa shape index (κ2) is 6.61. The first kappa shape index (κ1) is 17.0. The highest BCUT2D eigenvalue weighted by Crippen LogP contribution is 2.32. The number of likely N-dealkylation sites (tertiary alicyclic amines) is 1. The second-order valence-corrected chi connectivity index (χ2v) is 6.85. The van der Waals surface area contributed by atoms with E-state index in [0.29, 0.717) is 41.7 Å². The number of anilines is 1. The topological polar surface area (TPSA) is 77.9 Å². The summed E-state index contributed by atoms with van der Waals surface area (Å²) in [7, 11) is 0. The van der Waals surface area contributed by atoms with Crippen molar-refractivity contribution in [3.05, 3.63) is 28.2 Å². The summed E-state index contributed by atoms with van der Waals surface area (Å²) in [6, 6.07) is 4.90. The maximum Gasteiger partial charge on any atom is 0.308 e. The molecule has 1 aromatic rings. The number of hydrogen-bond donors (Lipinski definition) is 1. The van der Waals surface area contributed by atoms with Gasteiger partial charge in [0.05, 0.1) is 16.0 Å². The minimum absolute atomic E-state index is 0.171. The van der Waals surface area contributed by atoms with Crippen LogP contribution < -0.4 is 4.90 Å². The summed E-state index contributed by atoms with van der Waals surface area (Å²) >= 11 is 11.9. The van der Waals surface area contributed by atoms with E-state index in [1.807, 2.05) is 0 Å². The molecular weight excluding hydrogens is 355 g/mol. The molecule has 24 heavy (non-hydrogen) atoms. The summed E-state index contributed by atoms with van der Waals surface area (Å²) < 4.78 is 0. The van der Waals surface area contributed by atoms with Gasteiger partial charge in [-0.15, -0.1) is 0 Å². The SMILES string of the molecule is O=C(O)[C@H]1CCN(C(=O)[C@H]2CCN(c3ccc(Cl)c(Cl)c3)C2=O)C1. The largest absolute Gasteiger partial charge is 0.481 e. The third-order valence-electron chi connectivity index (χ3n) is 4.57. The summed E-state index contributed by atoms with van der Waals surface area (Å²) in [4.78, 5) is 39.2. The van der Waals surface area contributed by atoms with Crippen LogP contribution in [-0.4, -0.2) is 47.4 Å². The van der Waals surface area contributed by atoms with Gasteiger partial charge in [0, 0.05) is 25.3 Å². The molecule has 8 heteroatoms. The first-order valence-electron chi connectivity index (χ1n) is 7.66. The van der Waals surface area contributed by atoms with Crippen molar-refractivity contribution in [2.75, 3.05) is 24.5 Å². The Morgan fingerprint density at radius 3 is 2.50 bits per heavy atom. The normalized spacial score (nSPS) is 23.8. The van der Waals surface area contributed by atoms with Gasteiger partial charge in [-0.3, -0.25) is 14.4 Å². The van der Waals surface area contributed by atoms with Crippen LogP contribution in [0.2, 0.25) is 10.0 Å². The van der Waals surface area contributed by atoms with Gasteiger partial charge in [0.2, 0.25) is 11.8 Å². The van der Waals surface area contributed by atoms with Gasteiger partial charge in [-0.05, 0) is 31.0 Å². The summed E-state index contributed by atoms with van der Waals surface area (Å²) in [5.74, 6) is -2.77. The van der Waals surface area contributed by atoms with E-state index >= 15 is 0 Å². The van der Waals surface area contributed by atoms with E-state index in [9.17, 15) is 14.4 Å². The molecule has 0 bridgehead atoms. The molecular formula is C16H16Cl2N2O4. The molecule has 2 amide bonds. The number of amides is 2. The van der Waals surface area contributed by atoms with Crippen LogP contribution in [0, 0.1) is 11.8 Å². The monoisotopic (exact) mass is 370 g/mol. The number of carbonyl (C=O) groups excluding carboxylic acids is 2. The second-order valence-electron chi connectivity index (χ2n) is 6.04. The highest BCUT2D eigenvalue weighted by Gasteiger charge is 2.42. The fraction of sp³-hybridized carbons (Fsp3) is 0.438. The van der Waals surface area contributed by atoms with Gasteiger partial charge in [-0.25, -0.2) is 0 Å². The van der Waals surface area contributed by atoms with Gasteiger partial charge in [0.1, 0.15) is 5.92 Å². The van der Waals surface area contributed by atoms with Gasteiger partial charge in [-0.1, -0.05) is 23.2 Å². The van der Waals surface area contributed by atoms with Gasteiger partial charge in [0.25, 0.3) is 0 Å². The highest BCUT2D eigenvalue weighted by atomic mass is 35.5. The first-order valence-corrected chi connectivity index (χ1v) is 8.42. The number of carbonyl (C=O) groups is 3. The lowest BCUT2D eigenvalue weighted by atomic mass is 10.1. The molecule has 2 aliphatic rings. The number of carboxylic acids is 1. The van der Waals surface area contributed by atoms with E-state index in [0.717, 1.165) is 0 Å². The number of rotatable bonds is 3. The Hall–Kier alpha value is -1.79. The van der Waals surface area contributed by atoms with Crippen LogP contribution >= 0.6 is 23.2 Å². The van der Waals surface area contributed by atoms with Gasteiger partial charge in [-0.2, -0.15) is 0 Å². The molecule has 0 unspecified atom stereocenters. The van der Waals surface area contributed by atoms with Gasteiger partial charge >= 0.3 is 5.97 Å². The van der Waals surface area contributed by atoms with Crippen LogP contribution in [0.1, 0.15) is 12.8 Å². The third-order valence-corrected chi connectivity index (χ3v) is 5.31. The molecule has 0 aliphatic carbocycles. The number of nitrogens with zero attached hydrogens (tertiary/aromatic N) is 2. The molecule has 0 saturated carbocycles. The Kier molecular flexibility index (Phi) is 4.69. The molecule has 2 atom stereocenters. The lowest BCUT2D eigenvalue weighted by Crippen LogP contribution is -2.39. The third kappa shape index (κ3) is 3.08. The number of halogens is 2. The lowest BCUT2D eigenvalue weighted by Gasteiger charge is -2.21. The predicted octanol–water partition coefficient (Wildman–Crippen LogP) is 2.28. The minimum Gasteiger partial charge on any atom is -0.481 e. The average Bonchev–Trinajstić information content (AvgIpc) is 3.16. The van der Waals surface area contributed by atoms with Crippen molar-refractivity contribution in [1.82, 2.24) is 4.90 Å². The number of hydrogen-bond acceptors (Lipinski definition) is 3. The Morgan fingerprint density at radius 1 is 1.12 bits per heavy atom. The molecule has 2 saturated heterocycles. The number of carboxylic acid groups (broad SMARTS) is 1. The Bertz CT molecular complexity index is 709. The maximum absolute atomic E-state index is 12.6. The van der Waals surface area contributed by atoms with Gasteiger partial charge in [0.15, 0.2) is 0 Å². The summed E-state index contributed by atoms with van der Waals surface area (Å²) in [5.41, 5.74) is 0.606. The molecule has 1 aromatic carbocycles. The lowest BCUT2D eigenvalue weighted by molar-refractivity contribution is -0.142. The summed E-state index contributed by atoms with van der Waals surface area (Å²) in [6.45, 7) is 0.973. The summed E-state index contributed by atoms with van der Waals surface area (Å²) in [5, 5.41) is 9.78. The van der Waals surface area contributed by atoms with Crippen molar-refractivity contribution in [2.45, 2.75) is 12.8 Å². The van der Waals surface area contributed by atoms with Crippen LogP contribution in [0.4, 0.5) is 5.69 Å². The van der Waals surface area contributed by atoms with Gasteiger partial charge < -0.3 is 14.9 Å². The molecule has 2 aliphatic heterocycles. The van der Waals surface area contributed by atoms with Crippen molar-refractivity contribution in [1.29, 1.82) is 0 Å². The van der Waals surface area contributed by atoms with E-state index in [-0.39, 0.29) is 18.4 Å². The Morgan fingerprint density at radius 2 is 1.88 bits per heavy atom. The van der Waals surface area contributed by atoms with Crippen molar-refractivity contribution in [3.63, 3.8) is 0 Å². The summed E-state index contributed by atoms with van der Waals surface area (Å²) in [6.07, 6.45) is 0.838. The molecule has 0 spiro atoms. The highest BCUT2D eigenvalue weighted by molar-refractivity contribution is 6.42. The molecule has 2 heterocycles. The zero-order valence-corrected chi connectivity index (χ0v) is 14.3. The van der Waals surface area contributed by atoms with Crippen molar-refractivity contribution in [3.8, 4) is 0 Å². The maximum atomic E-state index is 12.6. The molecule has 6 nitrogen and oxygen atoms in total. The van der Waals surface area contributed by atoms with Crippen molar-refractivity contribution < 1.29 is 19.5 Å². The van der Waals surface area contributed by atoms with Crippen molar-refractivity contribution in [2.24, 2.45) is 11.8 Å². The van der Waals surface area contributed by atoms with Crippen LogP contribution in [-0.2, 0) is 14.4 Å². The van der Waals surface area contributed by atoms with E-state index in [2.05, 4.69) is 0 Å². The van der Waals surface area contributed by atoms with Crippen LogP contribution in [0.25, 0.3) is 0 Å². The van der Waals surface area contributed by atoms with Crippen LogP contribution in [0.5, 0.6) is 0 Å². The molecule has 1 N–H and O–H groups in total. The van der Waals surface area contributed by atoms with Crippen LogP contribution in [0.3, 0.4) is 0 Å². The minimum atomic E-state index is -0.902. The zero-order chi connectivity index (χ0) is 17.4. The fourth-order valence-electron chi connectivity index (χ4n) is 3.20. The Balaban J connectivity index is 1.71. The number of benzene rings is 1. The quantitative estimate of drug-likeness (QED) is 0.827. The average molecular weight is 371 g/mol. The smallest absolute Gasteiger partial charge is 0.308 e. The predicted molar refractivity (Wildman–Crippen MR) is 89.2 cm³/mol. The molecule has 3 rings (SSSR count). The molecule has 0 radical (unpaired) electrons. The zero-order valence-electron chi connectivity index (χ0n) is 12.7.